The SMILES string of the molecule is CCOC(=O)C(C)CSCC(C)C(=O)OCC. The molecular weight excluding hydrogens is 240 g/mol. The molecule has 0 rings (SSSR count). The molecule has 0 radical (unpaired) electrons. The van der Waals surface area contributed by atoms with Gasteiger partial charge in [-0.05, 0) is 13.8 Å². The van der Waals surface area contributed by atoms with Gasteiger partial charge in [-0.15, -0.1) is 0 Å². The average molecular weight is 262 g/mol. The van der Waals surface area contributed by atoms with E-state index < -0.39 is 0 Å². The summed E-state index contributed by atoms with van der Waals surface area (Å²) in [6.45, 7) is 8.07. The lowest BCUT2D eigenvalue weighted by Gasteiger charge is -2.12. The highest BCUT2D eigenvalue weighted by Gasteiger charge is 2.17. The third kappa shape index (κ3) is 7.26. The Hall–Kier alpha value is -0.710. The van der Waals surface area contributed by atoms with Crippen molar-refractivity contribution in [2.75, 3.05) is 24.7 Å². The molecule has 0 aliphatic heterocycles. The van der Waals surface area contributed by atoms with Crippen molar-refractivity contribution in [3.63, 3.8) is 0 Å². The zero-order chi connectivity index (χ0) is 13.3. The number of rotatable bonds is 8. The fourth-order valence-corrected chi connectivity index (χ4v) is 2.24. The predicted molar refractivity (Wildman–Crippen MR) is 68.9 cm³/mol. The summed E-state index contributed by atoms with van der Waals surface area (Å²) in [7, 11) is 0. The van der Waals surface area contributed by atoms with Gasteiger partial charge in [-0.3, -0.25) is 9.59 Å². The number of hydrogen-bond donors (Lipinski definition) is 0. The molecule has 0 heterocycles. The maximum atomic E-state index is 11.3. The quantitative estimate of drug-likeness (QED) is 0.627. The minimum atomic E-state index is -0.177. The van der Waals surface area contributed by atoms with Crippen LogP contribution in [0, 0.1) is 11.8 Å². The number of esters is 2. The Balaban J connectivity index is 3.75. The van der Waals surface area contributed by atoms with E-state index in [0.717, 1.165) is 0 Å². The molecule has 17 heavy (non-hydrogen) atoms. The van der Waals surface area contributed by atoms with Crippen LogP contribution >= 0.6 is 11.8 Å². The second-order valence-corrected chi connectivity index (χ2v) is 4.92. The van der Waals surface area contributed by atoms with Gasteiger partial charge in [0.15, 0.2) is 0 Å². The Kier molecular flexibility index (Phi) is 8.94. The summed E-state index contributed by atoms with van der Waals surface area (Å²) >= 11 is 1.58. The lowest BCUT2D eigenvalue weighted by Crippen LogP contribution is -2.20. The normalized spacial score (nSPS) is 13.9. The highest BCUT2D eigenvalue weighted by Crippen LogP contribution is 2.14. The molecule has 0 aromatic heterocycles. The second kappa shape index (κ2) is 9.33. The van der Waals surface area contributed by atoms with Crippen LogP contribution in [0.3, 0.4) is 0 Å². The van der Waals surface area contributed by atoms with Crippen LogP contribution in [0.5, 0.6) is 0 Å². The molecule has 0 N–H and O–H groups in total. The van der Waals surface area contributed by atoms with Gasteiger partial charge in [0, 0.05) is 11.5 Å². The maximum Gasteiger partial charge on any atom is 0.309 e. The Morgan fingerprint density at radius 2 is 1.29 bits per heavy atom. The molecule has 0 aromatic carbocycles. The van der Waals surface area contributed by atoms with Crippen LogP contribution in [0.25, 0.3) is 0 Å². The van der Waals surface area contributed by atoms with Gasteiger partial charge in [0.25, 0.3) is 0 Å². The van der Waals surface area contributed by atoms with Crippen molar-refractivity contribution in [2.45, 2.75) is 27.7 Å². The molecule has 2 unspecified atom stereocenters. The first kappa shape index (κ1) is 16.3. The van der Waals surface area contributed by atoms with Crippen LogP contribution in [-0.2, 0) is 19.1 Å². The van der Waals surface area contributed by atoms with Crippen LogP contribution in [0.2, 0.25) is 0 Å². The molecule has 2 atom stereocenters. The summed E-state index contributed by atoms with van der Waals surface area (Å²) in [5.41, 5.74) is 0. The first-order valence-corrected chi connectivity index (χ1v) is 7.09. The molecule has 0 bridgehead atoms. The van der Waals surface area contributed by atoms with Gasteiger partial charge in [0.1, 0.15) is 0 Å². The zero-order valence-electron chi connectivity index (χ0n) is 11.0. The first-order chi connectivity index (χ1) is 8.02. The van der Waals surface area contributed by atoms with Crippen LogP contribution in [-0.4, -0.2) is 36.7 Å². The molecule has 5 heteroatoms. The smallest absolute Gasteiger partial charge is 0.309 e. The third-order valence-corrected chi connectivity index (χ3v) is 3.59. The Morgan fingerprint density at radius 3 is 1.59 bits per heavy atom. The molecule has 0 spiro atoms. The molecule has 0 saturated carbocycles. The number of ether oxygens (including phenoxy) is 2. The Labute approximate surface area is 107 Å². The highest BCUT2D eigenvalue weighted by molar-refractivity contribution is 7.99. The zero-order valence-corrected chi connectivity index (χ0v) is 11.8. The van der Waals surface area contributed by atoms with Crippen LogP contribution in [0.15, 0.2) is 0 Å². The summed E-state index contributed by atoms with van der Waals surface area (Å²) in [5, 5.41) is 0. The largest absolute Gasteiger partial charge is 0.466 e. The summed E-state index contributed by atoms with van der Waals surface area (Å²) in [4.78, 5) is 22.7. The number of carbonyl (C=O) groups excluding carboxylic acids is 2. The van der Waals surface area contributed by atoms with Crippen molar-refractivity contribution in [3.8, 4) is 0 Å². The van der Waals surface area contributed by atoms with E-state index in [4.69, 9.17) is 9.47 Å². The lowest BCUT2D eigenvalue weighted by molar-refractivity contribution is -0.147. The van der Waals surface area contributed by atoms with E-state index in [-0.39, 0.29) is 23.8 Å². The predicted octanol–water partition coefficient (Wildman–Crippen LogP) is 2.12. The van der Waals surface area contributed by atoms with Crippen molar-refractivity contribution < 1.29 is 19.1 Å². The van der Waals surface area contributed by atoms with E-state index in [0.29, 0.717) is 24.7 Å². The van der Waals surface area contributed by atoms with Gasteiger partial charge in [0.05, 0.1) is 25.0 Å². The van der Waals surface area contributed by atoms with Gasteiger partial charge >= 0.3 is 11.9 Å². The summed E-state index contributed by atoms with van der Waals surface area (Å²) in [6.07, 6.45) is 0. The van der Waals surface area contributed by atoms with E-state index in [1.807, 2.05) is 13.8 Å². The molecule has 0 saturated heterocycles. The number of hydrogen-bond acceptors (Lipinski definition) is 5. The minimum Gasteiger partial charge on any atom is -0.466 e. The molecule has 100 valence electrons. The first-order valence-electron chi connectivity index (χ1n) is 5.93. The van der Waals surface area contributed by atoms with Crippen molar-refractivity contribution >= 4 is 23.7 Å². The Bertz CT molecular complexity index is 219. The van der Waals surface area contributed by atoms with Gasteiger partial charge in [0.2, 0.25) is 0 Å². The monoisotopic (exact) mass is 262 g/mol. The molecule has 0 amide bonds. The van der Waals surface area contributed by atoms with Crippen LogP contribution in [0.1, 0.15) is 27.7 Å². The molecule has 0 fully saturated rings. The van der Waals surface area contributed by atoms with Crippen molar-refractivity contribution in [1.29, 1.82) is 0 Å². The minimum absolute atomic E-state index is 0.130. The van der Waals surface area contributed by atoms with Crippen molar-refractivity contribution in [3.05, 3.63) is 0 Å². The number of thioether (sulfide) groups is 1. The molecule has 0 aliphatic carbocycles. The van der Waals surface area contributed by atoms with Gasteiger partial charge in [-0.25, -0.2) is 0 Å². The third-order valence-electron chi connectivity index (χ3n) is 2.11. The average Bonchev–Trinajstić information content (AvgIpc) is 2.29. The molecular formula is C12H22O4S. The van der Waals surface area contributed by atoms with E-state index >= 15 is 0 Å². The standard InChI is InChI=1S/C12H22O4S/c1-5-15-11(13)9(3)7-17-8-10(4)12(14)16-6-2/h9-10H,5-8H2,1-4H3. The topological polar surface area (TPSA) is 52.6 Å². The Morgan fingerprint density at radius 1 is 0.941 bits per heavy atom. The van der Waals surface area contributed by atoms with E-state index in [9.17, 15) is 9.59 Å². The lowest BCUT2D eigenvalue weighted by atomic mass is 10.2. The summed E-state index contributed by atoms with van der Waals surface area (Å²) in [5.74, 6) is 0.724. The maximum absolute atomic E-state index is 11.3. The van der Waals surface area contributed by atoms with Crippen LogP contribution < -0.4 is 0 Å². The van der Waals surface area contributed by atoms with Crippen molar-refractivity contribution in [1.82, 2.24) is 0 Å². The number of carbonyl (C=O) groups is 2. The van der Waals surface area contributed by atoms with Crippen LogP contribution in [0.4, 0.5) is 0 Å². The summed E-state index contributed by atoms with van der Waals surface area (Å²) in [6, 6.07) is 0. The van der Waals surface area contributed by atoms with Gasteiger partial charge in [-0.2, -0.15) is 11.8 Å². The molecule has 0 aliphatic rings. The fourth-order valence-electron chi connectivity index (χ4n) is 1.13. The van der Waals surface area contributed by atoms with E-state index in [2.05, 4.69) is 0 Å². The fraction of sp³-hybridized carbons (Fsp3) is 0.833. The highest BCUT2D eigenvalue weighted by atomic mass is 32.2. The van der Waals surface area contributed by atoms with Gasteiger partial charge < -0.3 is 9.47 Å². The molecule has 4 nitrogen and oxygen atoms in total. The summed E-state index contributed by atoms with van der Waals surface area (Å²) < 4.78 is 9.81. The van der Waals surface area contributed by atoms with Crippen molar-refractivity contribution in [2.24, 2.45) is 11.8 Å². The van der Waals surface area contributed by atoms with Gasteiger partial charge in [-0.1, -0.05) is 13.8 Å². The van der Waals surface area contributed by atoms with E-state index in [1.165, 1.54) is 0 Å². The second-order valence-electron chi connectivity index (χ2n) is 3.84. The van der Waals surface area contributed by atoms with E-state index in [1.54, 1.807) is 25.6 Å². The molecule has 0 aromatic rings.